The lowest BCUT2D eigenvalue weighted by atomic mass is 9.70. The average Bonchev–Trinajstić information content (AvgIpc) is 3.29. The summed E-state index contributed by atoms with van der Waals surface area (Å²) in [6.07, 6.45) is 6.59. The Balaban J connectivity index is 1.12. The predicted molar refractivity (Wildman–Crippen MR) is 135 cm³/mol. The number of β-amino-alcohol motifs (C(OH)–C–C–N with tert-alkyl or cyclic N) is 1. The largest absolute Gasteiger partial charge is 0.493 e. The van der Waals surface area contributed by atoms with E-state index in [2.05, 4.69) is 11.8 Å². The number of likely N-dealkylation sites (tertiary alicyclic amines) is 2. The standard InChI is InChI=1S/C29H37FN2O3/c1-29(12-2-13-29)20-31-14-9-21(10-15-31)19-35-25-6-3-22(4-7-25)26-8-5-23(17-27(26)30)28(34)32-16-11-24(33)18-32/h3-8,17,21,24,33H,2,9-16,18-20H2,1H3. The average molecular weight is 481 g/mol. The number of nitrogens with zero attached hydrogens (tertiary/aromatic N) is 2. The van der Waals surface area contributed by atoms with Gasteiger partial charge in [0.1, 0.15) is 11.6 Å². The Kier molecular flexibility index (Phi) is 7.12. The summed E-state index contributed by atoms with van der Waals surface area (Å²) in [6, 6.07) is 12.1. The van der Waals surface area contributed by atoms with Crippen molar-refractivity contribution in [3.05, 3.63) is 53.8 Å². The second kappa shape index (κ2) is 10.3. The number of amides is 1. The number of halogens is 1. The van der Waals surface area contributed by atoms with Crippen molar-refractivity contribution in [3.63, 3.8) is 0 Å². The van der Waals surface area contributed by atoms with Crippen LogP contribution in [0.3, 0.4) is 0 Å². The van der Waals surface area contributed by atoms with Gasteiger partial charge < -0.3 is 19.6 Å². The summed E-state index contributed by atoms with van der Waals surface area (Å²) in [6.45, 7) is 7.54. The van der Waals surface area contributed by atoms with E-state index in [1.54, 1.807) is 17.0 Å². The van der Waals surface area contributed by atoms with Crippen molar-refractivity contribution in [1.82, 2.24) is 9.80 Å². The van der Waals surface area contributed by atoms with Gasteiger partial charge in [0, 0.05) is 30.8 Å². The molecule has 3 aliphatic rings. The van der Waals surface area contributed by atoms with Gasteiger partial charge in [-0.15, -0.1) is 0 Å². The number of ether oxygens (including phenoxy) is 1. The molecule has 0 spiro atoms. The minimum absolute atomic E-state index is 0.237. The van der Waals surface area contributed by atoms with E-state index in [4.69, 9.17) is 4.74 Å². The third kappa shape index (κ3) is 5.70. The van der Waals surface area contributed by atoms with Gasteiger partial charge in [-0.3, -0.25) is 4.79 Å². The van der Waals surface area contributed by atoms with Crippen molar-refractivity contribution in [3.8, 4) is 16.9 Å². The van der Waals surface area contributed by atoms with E-state index in [1.165, 1.54) is 57.8 Å². The number of piperidine rings is 1. The molecule has 1 aliphatic carbocycles. The van der Waals surface area contributed by atoms with Crippen LogP contribution in [0.25, 0.3) is 11.1 Å². The summed E-state index contributed by atoms with van der Waals surface area (Å²) >= 11 is 0. The maximum absolute atomic E-state index is 14.9. The molecular formula is C29H37FN2O3. The van der Waals surface area contributed by atoms with Crippen LogP contribution in [0.4, 0.5) is 4.39 Å². The fraction of sp³-hybridized carbons (Fsp3) is 0.552. The minimum Gasteiger partial charge on any atom is -0.493 e. The topological polar surface area (TPSA) is 53.0 Å². The molecule has 1 atom stereocenters. The van der Waals surface area contributed by atoms with Crippen LogP contribution < -0.4 is 4.74 Å². The first-order valence-electron chi connectivity index (χ1n) is 13.1. The molecule has 35 heavy (non-hydrogen) atoms. The molecule has 1 N–H and O–H groups in total. The van der Waals surface area contributed by atoms with Crippen molar-refractivity contribution in [1.29, 1.82) is 0 Å². The van der Waals surface area contributed by atoms with Crippen molar-refractivity contribution in [2.45, 2.75) is 51.6 Å². The van der Waals surface area contributed by atoms with E-state index in [0.29, 0.717) is 42.0 Å². The second-order valence-electron chi connectivity index (χ2n) is 11.1. The molecule has 2 heterocycles. The smallest absolute Gasteiger partial charge is 0.254 e. The Hall–Kier alpha value is -2.44. The highest BCUT2D eigenvalue weighted by molar-refractivity contribution is 5.95. The zero-order valence-electron chi connectivity index (χ0n) is 20.7. The Morgan fingerprint density at radius 3 is 2.43 bits per heavy atom. The van der Waals surface area contributed by atoms with E-state index in [1.807, 2.05) is 24.3 Å². The molecule has 2 aliphatic heterocycles. The first kappa shape index (κ1) is 24.3. The molecule has 5 rings (SSSR count). The number of aliphatic hydroxyl groups is 1. The summed E-state index contributed by atoms with van der Waals surface area (Å²) in [5.74, 6) is 0.725. The van der Waals surface area contributed by atoms with Crippen LogP contribution >= 0.6 is 0 Å². The maximum Gasteiger partial charge on any atom is 0.254 e. The normalized spacial score (nSPS) is 22.7. The Morgan fingerprint density at radius 2 is 1.83 bits per heavy atom. The van der Waals surface area contributed by atoms with E-state index in [0.717, 1.165) is 17.9 Å². The monoisotopic (exact) mass is 480 g/mol. The molecule has 3 fully saturated rings. The van der Waals surface area contributed by atoms with E-state index < -0.39 is 11.9 Å². The highest BCUT2D eigenvalue weighted by atomic mass is 19.1. The summed E-state index contributed by atoms with van der Waals surface area (Å²) in [7, 11) is 0. The van der Waals surface area contributed by atoms with E-state index in [-0.39, 0.29) is 5.91 Å². The van der Waals surface area contributed by atoms with E-state index >= 15 is 0 Å². The molecule has 2 aromatic rings. The SMILES string of the molecule is CC1(CN2CCC(COc3ccc(-c4ccc(C(=O)N5CCC(O)C5)cc4F)cc3)CC2)CCC1. The van der Waals surface area contributed by atoms with Gasteiger partial charge in [-0.2, -0.15) is 0 Å². The molecular weight excluding hydrogens is 443 g/mol. The van der Waals surface area contributed by atoms with Crippen LogP contribution in [0.1, 0.15) is 55.8 Å². The fourth-order valence-electron chi connectivity index (χ4n) is 5.73. The molecule has 6 heteroatoms. The molecule has 5 nitrogen and oxygen atoms in total. The highest BCUT2D eigenvalue weighted by Crippen LogP contribution is 2.41. The van der Waals surface area contributed by atoms with Crippen molar-refractivity contribution in [2.75, 3.05) is 39.3 Å². The Bertz CT molecular complexity index is 1030. The molecule has 2 aromatic carbocycles. The van der Waals surface area contributed by atoms with E-state index in [9.17, 15) is 14.3 Å². The highest BCUT2D eigenvalue weighted by Gasteiger charge is 2.34. The summed E-state index contributed by atoms with van der Waals surface area (Å²) in [5, 5.41) is 9.66. The number of carbonyl (C=O) groups excluding carboxylic acids is 1. The first-order valence-corrected chi connectivity index (χ1v) is 13.1. The third-order valence-electron chi connectivity index (χ3n) is 8.19. The third-order valence-corrected chi connectivity index (χ3v) is 8.19. The number of hydrogen-bond donors (Lipinski definition) is 1. The minimum atomic E-state index is -0.489. The molecule has 1 amide bonds. The second-order valence-corrected chi connectivity index (χ2v) is 11.1. The molecule has 1 unspecified atom stereocenters. The molecule has 0 radical (unpaired) electrons. The van der Waals surface area contributed by atoms with Crippen LogP contribution in [-0.4, -0.2) is 66.2 Å². The van der Waals surface area contributed by atoms with Gasteiger partial charge in [-0.1, -0.05) is 31.5 Å². The zero-order valence-corrected chi connectivity index (χ0v) is 20.7. The number of benzene rings is 2. The Labute approximate surface area is 207 Å². The van der Waals surface area contributed by atoms with Crippen LogP contribution in [0, 0.1) is 17.2 Å². The lowest BCUT2D eigenvalue weighted by molar-refractivity contribution is 0.0564. The molecule has 0 bridgehead atoms. The summed E-state index contributed by atoms with van der Waals surface area (Å²) < 4.78 is 20.9. The van der Waals surface area contributed by atoms with Crippen molar-refractivity contribution in [2.24, 2.45) is 11.3 Å². The van der Waals surface area contributed by atoms with Crippen LogP contribution in [0.5, 0.6) is 5.75 Å². The van der Waals surface area contributed by atoms with Gasteiger partial charge in [0.05, 0.1) is 12.7 Å². The van der Waals surface area contributed by atoms with Crippen molar-refractivity contribution < 1.29 is 19.0 Å². The number of carbonyl (C=O) groups is 1. The maximum atomic E-state index is 14.9. The molecule has 188 valence electrons. The zero-order chi connectivity index (χ0) is 24.4. The van der Waals surface area contributed by atoms with Crippen LogP contribution in [0.2, 0.25) is 0 Å². The van der Waals surface area contributed by atoms with Gasteiger partial charge in [0.25, 0.3) is 5.91 Å². The van der Waals surface area contributed by atoms with Gasteiger partial charge in [0.2, 0.25) is 0 Å². The van der Waals surface area contributed by atoms with Crippen molar-refractivity contribution >= 4 is 5.91 Å². The Morgan fingerprint density at radius 1 is 1.09 bits per heavy atom. The van der Waals surface area contributed by atoms with Crippen LogP contribution in [-0.2, 0) is 0 Å². The number of hydrogen-bond acceptors (Lipinski definition) is 4. The van der Waals surface area contributed by atoms with Gasteiger partial charge in [-0.05, 0) is 86.4 Å². The van der Waals surface area contributed by atoms with Crippen LogP contribution in [0.15, 0.2) is 42.5 Å². The van der Waals surface area contributed by atoms with Gasteiger partial charge >= 0.3 is 0 Å². The fourth-order valence-corrected chi connectivity index (χ4v) is 5.73. The van der Waals surface area contributed by atoms with Gasteiger partial charge in [-0.25, -0.2) is 4.39 Å². The lowest BCUT2D eigenvalue weighted by Gasteiger charge is -2.44. The number of rotatable bonds is 7. The number of aliphatic hydroxyl groups excluding tert-OH is 1. The quantitative estimate of drug-likeness (QED) is 0.607. The molecule has 0 aromatic heterocycles. The first-order chi connectivity index (χ1) is 16.9. The summed E-state index contributed by atoms with van der Waals surface area (Å²) in [4.78, 5) is 16.8. The molecule has 2 saturated heterocycles. The van der Waals surface area contributed by atoms with Gasteiger partial charge in [0.15, 0.2) is 0 Å². The lowest BCUT2D eigenvalue weighted by Crippen LogP contribution is -2.44. The summed E-state index contributed by atoms with van der Waals surface area (Å²) in [5.41, 5.74) is 2.08. The predicted octanol–water partition coefficient (Wildman–Crippen LogP) is 4.98. The molecule has 1 saturated carbocycles.